The fraction of sp³-hybridized carbons (Fsp3) is 0.476. The summed E-state index contributed by atoms with van der Waals surface area (Å²) < 4.78 is 13.7. The van der Waals surface area contributed by atoms with Gasteiger partial charge in [-0.3, -0.25) is 19.5 Å². The molecule has 10 heteroatoms. The van der Waals surface area contributed by atoms with Gasteiger partial charge in [-0.05, 0) is 87.8 Å². The molecule has 3 aliphatic rings. The number of likely N-dealkylation sites (tertiary alicyclic amines) is 1. The van der Waals surface area contributed by atoms with Crippen LogP contribution in [0.3, 0.4) is 0 Å². The van der Waals surface area contributed by atoms with Crippen LogP contribution in [-0.4, -0.2) is 62.1 Å². The summed E-state index contributed by atoms with van der Waals surface area (Å²) in [5, 5.41) is 16.0. The third-order valence-electron chi connectivity index (χ3n) is 10.9. The summed E-state index contributed by atoms with van der Waals surface area (Å²) in [6.45, 7) is 8.84. The third-order valence-corrected chi connectivity index (χ3v) is 10.9. The Balaban J connectivity index is 1.17. The van der Waals surface area contributed by atoms with Crippen LogP contribution in [0.2, 0.25) is 0 Å². The van der Waals surface area contributed by atoms with E-state index >= 15 is 0 Å². The van der Waals surface area contributed by atoms with Crippen molar-refractivity contribution in [1.82, 2.24) is 20.2 Å². The van der Waals surface area contributed by atoms with Crippen LogP contribution in [0.25, 0.3) is 11.0 Å². The van der Waals surface area contributed by atoms with E-state index in [-0.39, 0.29) is 53.8 Å². The molecule has 274 valence electrons. The van der Waals surface area contributed by atoms with Crippen molar-refractivity contribution in [3.63, 3.8) is 0 Å². The van der Waals surface area contributed by atoms with E-state index in [1.54, 1.807) is 0 Å². The molecule has 7 unspecified atom stereocenters. The van der Waals surface area contributed by atoms with Gasteiger partial charge in [0, 0.05) is 35.3 Å². The molecule has 0 radical (unpaired) electrons. The molecular weight excluding hydrogens is 654 g/mol. The summed E-state index contributed by atoms with van der Waals surface area (Å²) in [6.07, 6.45) is 6.79. The molecule has 1 saturated carbocycles. The first kappa shape index (κ1) is 36.2. The Morgan fingerprint density at radius 2 is 1.67 bits per heavy atom. The number of hydrogen-bond acceptors (Lipinski definition) is 8. The summed E-state index contributed by atoms with van der Waals surface area (Å²) in [7, 11) is 0. The standard InChI is InChI=1S/C42H51N5O5/c1-26-37(24-47-35-15-8-5-10-28(35)20-21-36(47)40(50)46-42(2,3)4)51-41(52-38(26)29-18-16-27(25-48)17-19-29)30-11-9-12-31(22-30)44-39(49)34-23-43-32-13-6-7-14-33(32)45-34/h6-7,9,11-14,16-19,22-23,26,28,35-38,41,48H,5,8,10,15,20-21,24-25H2,1-4H3,(H,44,49)(H,46,50). The lowest BCUT2D eigenvalue weighted by molar-refractivity contribution is -0.278. The maximum atomic E-state index is 13.9. The number of nitrogens with one attached hydrogen (secondary N) is 2. The zero-order valence-electron chi connectivity index (χ0n) is 30.6. The number of carbonyl (C=O) groups is 2. The molecule has 1 aromatic heterocycles. The number of anilines is 1. The molecule has 2 saturated heterocycles. The molecular formula is C42H51N5O5. The Bertz CT molecular complexity index is 1880. The minimum absolute atomic E-state index is 0.0332. The first-order valence-corrected chi connectivity index (χ1v) is 18.8. The lowest BCUT2D eigenvalue weighted by atomic mass is 9.75. The van der Waals surface area contributed by atoms with Crippen LogP contribution in [0.15, 0.2) is 79.0 Å². The Morgan fingerprint density at radius 3 is 2.44 bits per heavy atom. The van der Waals surface area contributed by atoms with E-state index < -0.39 is 6.29 Å². The van der Waals surface area contributed by atoms with Crippen molar-refractivity contribution >= 4 is 28.5 Å². The van der Waals surface area contributed by atoms with Crippen LogP contribution in [0.5, 0.6) is 0 Å². The molecule has 7 atom stereocenters. The van der Waals surface area contributed by atoms with E-state index in [9.17, 15) is 14.7 Å². The zero-order valence-corrected chi connectivity index (χ0v) is 30.6. The van der Waals surface area contributed by atoms with Crippen LogP contribution < -0.4 is 10.6 Å². The molecule has 0 bridgehead atoms. The normalized spacial score (nSPS) is 26.8. The van der Waals surface area contributed by atoms with Gasteiger partial charge in [0.2, 0.25) is 5.91 Å². The lowest BCUT2D eigenvalue weighted by Crippen LogP contribution is -2.61. The SMILES string of the molecule is CC1C(CN2C(C(=O)NC(C)(C)C)CCC3CCCCC32)OC(c2cccc(NC(=O)c3cnc4ccccc4n3)c2)OC1c1ccc(CO)cc1. The fourth-order valence-corrected chi connectivity index (χ4v) is 8.29. The van der Waals surface area contributed by atoms with Gasteiger partial charge in [0.05, 0.1) is 42.1 Å². The topological polar surface area (TPSA) is 126 Å². The van der Waals surface area contributed by atoms with E-state index in [4.69, 9.17) is 9.47 Å². The Hall–Kier alpha value is -4.22. The number of aromatic nitrogens is 2. The number of para-hydroxylation sites is 2. The second-order valence-electron chi connectivity index (χ2n) is 15.8. The highest BCUT2D eigenvalue weighted by Gasteiger charge is 2.46. The van der Waals surface area contributed by atoms with Gasteiger partial charge in [-0.15, -0.1) is 0 Å². The predicted octanol–water partition coefficient (Wildman–Crippen LogP) is 7.10. The van der Waals surface area contributed by atoms with Crippen LogP contribution in [0.4, 0.5) is 5.69 Å². The zero-order chi connectivity index (χ0) is 36.4. The Morgan fingerprint density at radius 1 is 0.904 bits per heavy atom. The molecule has 7 rings (SSSR count). The van der Waals surface area contributed by atoms with Crippen molar-refractivity contribution in [2.45, 2.75) is 109 Å². The molecule has 1 aliphatic carbocycles. The van der Waals surface area contributed by atoms with E-state index in [0.717, 1.165) is 41.5 Å². The summed E-state index contributed by atoms with van der Waals surface area (Å²) in [5.74, 6) is 0.262. The second-order valence-corrected chi connectivity index (χ2v) is 15.8. The quantitative estimate of drug-likeness (QED) is 0.177. The molecule has 3 N–H and O–H groups in total. The number of nitrogens with zero attached hydrogens (tertiary/aromatic N) is 3. The summed E-state index contributed by atoms with van der Waals surface area (Å²) in [6, 6.07) is 23.0. The van der Waals surface area contributed by atoms with Crippen LogP contribution in [-0.2, 0) is 20.9 Å². The maximum Gasteiger partial charge on any atom is 0.275 e. The molecule has 0 spiro atoms. The lowest BCUT2D eigenvalue weighted by Gasteiger charge is -2.51. The highest BCUT2D eigenvalue weighted by molar-refractivity contribution is 6.03. The van der Waals surface area contributed by atoms with Gasteiger partial charge in [0.25, 0.3) is 5.91 Å². The highest BCUT2D eigenvalue weighted by atomic mass is 16.7. The highest BCUT2D eigenvalue weighted by Crippen LogP contribution is 2.44. The fourth-order valence-electron chi connectivity index (χ4n) is 8.29. The van der Waals surface area contributed by atoms with Gasteiger partial charge in [0.15, 0.2) is 6.29 Å². The van der Waals surface area contributed by atoms with Crippen molar-refractivity contribution in [2.24, 2.45) is 11.8 Å². The van der Waals surface area contributed by atoms with Crippen molar-refractivity contribution in [1.29, 1.82) is 0 Å². The van der Waals surface area contributed by atoms with Crippen LogP contribution in [0, 0.1) is 11.8 Å². The monoisotopic (exact) mass is 705 g/mol. The molecule has 10 nitrogen and oxygen atoms in total. The van der Waals surface area contributed by atoms with E-state index in [0.29, 0.717) is 29.7 Å². The molecule has 52 heavy (non-hydrogen) atoms. The largest absolute Gasteiger partial charge is 0.392 e. The second kappa shape index (κ2) is 15.4. The van der Waals surface area contributed by atoms with Gasteiger partial charge in [-0.25, -0.2) is 4.98 Å². The first-order chi connectivity index (χ1) is 25.1. The Labute approximate surface area is 306 Å². The van der Waals surface area contributed by atoms with Crippen LogP contribution in [0.1, 0.15) is 106 Å². The molecule has 3 heterocycles. The van der Waals surface area contributed by atoms with Crippen molar-refractivity contribution in [2.75, 3.05) is 11.9 Å². The van der Waals surface area contributed by atoms with Gasteiger partial charge in [0.1, 0.15) is 5.69 Å². The Kier molecular flexibility index (Phi) is 10.7. The molecule has 3 fully saturated rings. The molecule has 2 amide bonds. The number of aliphatic hydroxyl groups excluding tert-OH is 1. The first-order valence-electron chi connectivity index (χ1n) is 18.8. The van der Waals surface area contributed by atoms with E-state index in [2.05, 4.69) is 32.4 Å². The molecule has 4 aromatic rings. The summed E-state index contributed by atoms with van der Waals surface area (Å²) in [5.41, 5.74) is 4.46. The van der Waals surface area contributed by atoms with E-state index in [1.165, 1.54) is 25.5 Å². The van der Waals surface area contributed by atoms with Crippen molar-refractivity contribution in [3.05, 3.63) is 101 Å². The van der Waals surface area contributed by atoms with Gasteiger partial charge < -0.3 is 25.2 Å². The number of ether oxygens (including phenoxy) is 2. The molecule has 2 aliphatic heterocycles. The van der Waals surface area contributed by atoms with Crippen LogP contribution >= 0.6 is 0 Å². The average molecular weight is 706 g/mol. The summed E-state index contributed by atoms with van der Waals surface area (Å²) >= 11 is 0. The predicted molar refractivity (Wildman–Crippen MR) is 200 cm³/mol. The minimum Gasteiger partial charge on any atom is -0.392 e. The van der Waals surface area contributed by atoms with Crippen molar-refractivity contribution in [3.8, 4) is 0 Å². The number of carbonyl (C=O) groups excluding carboxylic acids is 2. The number of rotatable bonds is 8. The van der Waals surface area contributed by atoms with E-state index in [1.807, 2.05) is 93.6 Å². The number of aliphatic hydroxyl groups is 1. The average Bonchev–Trinajstić information content (AvgIpc) is 3.15. The molecule has 3 aromatic carbocycles. The van der Waals surface area contributed by atoms with Gasteiger partial charge in [-0.2, -0.15) is 0 Å². The number of piperidine rings is 1. The number of amides is 2. The number of fused-ring (bicyclic) bond motifs is 2. The maximum absolute atomic E-state index is 13.9. The summed E-state index contributed by atoms with van der Waals surface area (Å²) in [4.78, 5) is 38.5. The minimum atomic E-state index is -0.727. The van der Waals surface area contributed by atoms with Crippen molar-refractivity contribution < 1.29 is 24.2 Å². The number of benzene rings is 3. The smallest absolute Gasteiger partial charge is 0.275 e. The third kappa shape index (κ3) is 8.05. The van der Waals surface area contributed by atoms with Gasteiger partial charge >= 0.3 is 0 Å². The number of hydrogen-bond donors (Lipinski definition) is 3. The van der Waals surface area contributed by atoms with Gasteiger partial charge in [-0.1, -0.05) is 68.3 Å².